The summed E-state index contributed by atoms with van der Waals surface area (Å²) in [6.45, 7) is 5.43. The molecule has 1 aromatic carbocycles. The van der Waals surface area contributed by atoms with E-state index in [4.69, 9.17) is 0 Å². The molecule has 17 heavy (non-hydrogen) atoms. The third kappa shape index (κ3) is 3.06. The van der Waals surface area contributed by atoms with E-state index in [0.29, 0.717) is 6.04 Å². The van der Waals surface area contributed by atoms with Gasteiger partial charge in [0.05, 0.1) is 6.61 Å². The summed E-state index contributed by atoms with van der Waals surface area (Å²) in [4.78, 5) is 2.41. The van der Waals surface area contributed by atoms with E-state index in [1.54, 1.807) is 0 Å². The summed E-state index contributed by atoms with van der Waals surface area (Å²) in [6.07, 6.45) is 1.15. The maximum atomic E-state index is 9.50. The van der Waals surface area contributed by atoms with Gasteiger partial charge in [-0.3, -0.25) is 4.90 Å². The van der Waals surface area contributed by atoms with Gasteiger partial charge in [0.25, 0.3) is 0 Å². The van der Waals surface area contributed by atoms with Gasteiger partial charge >= 0.3 is 0 Å². The van der Waals surface area contributed by atoms with Crippen LogP contribution in [-0.4, -0.2) is 42.3 Å². The molecule has 1 aliphatic heterocycles. The largest absolute Gasteiger partial charge is 0.395 e. The molecule has 1 aliphatic rings. The zero-order chi connectivity index (χ0) is 12.1. The first kappa shape index (κ1) is 12.6. The van der Waals surface area contributed by atoms with Gasteiger partial charge in [0.1, 0.15) is 0 Å². The van der Waals surface area contributed by atoms with Crippen molar-refractivity contribution in [1.82, 2.24) is 10.2 Å². The van der Waals surface area contributed by atoms with Crippen LogP contribution in [0.5, 0.6) is 0 Å². The first-order valence-electron chi connectivity index (χ1n) is 6.45. The number of aliphatic hydroxyl groups is 1. The van der Waals surface area contributed by atoms with Gasteiger partial charge in [0.2, 0.25) is 0 Å². The van der Waals surface area contributed by atoms with E-state index in [9.17, 15) is 5.11 Å². The van der Waals surface area contributed by atoms with E-state index in [1.165, 1.54) is 5.56 Å². The van der Waals surface area contributed by atoms with Gasteiger partial charge in [-0.25, -0.2) is 0 Å². The van der Waals surface area contributed by atoms with Crippen LogP contribution in [0.2, 0.25) is 0 Å². The molecule has 94 valence electrons. The lowest BCUT2D eigenvalue weighted by Gasteiger charge is -2.34. The number of nitrogens with one attached hydrogen (secondary N) is 1. The molecule has 2 atom stereocenters. The Kier molecular flexibility index (Phi) is 4.54. The maximum Gasteiger partial charge on any atom is 0.0599 e. The van der Waals surface area contributed by atoms with Crippen LogP contribution in [0.25, 0.3) is 0 Å². The van der Waals surface area contributed by atoms with Gasteiger partial charge < -0.3 is 10.4 Å². The van der Waals surface area contributed by atoms with Crippen molar-refractivity contribution in [2.45, 2.75) is 25.4 Å². The molecule has 0 bridgehead atoms. The molecule has 0 amide bonds. The van der Waals surface area contributed by atoms with Crippen LogP contribution in [0, 0.1) is 0 Å². The Balaban J connectivity index is 2.12. The number of hydrogen-bond donors (Lipinski definition) is 2. The number of hydrogen-bond acceptors (Lipinski definition) is 3. The first-order valence-corrected chi connectivity index (χ1v) is 6.45. The summed E-state index contributed by atoms with van der Waals surface area (Å²) in [5.41, 5.74) is 1.33. The highest BCUT2D eigenvalue weighted by molar-refractivity contribution is 5.18. The second kappa shape index (κ2) is 6.15. The third-order valence-electron chi connectivity index (χ3n) is 3.61. The molecular formula is C14H22N2O. The van der Waals surface area contributed by atoms with Crippen LogP contribution in [0.4, 0.5) is 0 Å². The van der Waals surface area contributed by atoms with Crippen LogP contribution in [-0.2, 0) is 0 Å². The highest BCUT2D eigenvalue weighted by Crippen LogP contribution is 2.23. The van der Waals surface area contributed by atoms with E-state index in [1.807, 2.05) is 6.07 Å². The van der Waals surface area contributed by atoms with E-state index in [2.05, 4.69) is 41.4 Å². The zero-order valence-corrected chi connectivity index (χ0v) is 10.5. The fourth-order valence-corrected chi connectivity index (χ4v) is 2.56. The SMILES string of the molecule is CC(c1ccccc1)N1CCCNCC1CO. The van der Waals surface area contributed by atoms with Crippen molar-refractivity contribution < 1.29 is 5.11 Å². The molecule has 3 heteroatoms. The van der Waals surface area contributed by atoms with Crippen molar-refractivity contribution in [3.8, 4) is 0 Å². The third-order valence-corrected chi connectivity index (χ3v) is 3.61. The lowest BCUT2D eigenvalue weighted by atomic mass is 10.0. The number of nitrogens with zero attached hydrogens (tertiary/aromatic N) is 1. The predicted octanol–water partition coefficient (Wildman–Crippen LogP) is 1.40. The van der Waals surface area contributed by atoms with Gasteiger partial charge in [-0.15, -0.1) is 0 Å². The predicted molar refractivity (Wildman–Crippen MR) is 69.9 cm³/mol. The molecule has 0 saturated carbocycles. The summed E-state index contributed by atoms with van der Waals surface area (Å²) in [5, 5.41) is 12.9. The van der Waals surface area contributed by atoms with E-state index in [-0.39, 0.29) is 12.6 Å². The minimum Gasteiger partial charge on any atom is -0.395 e. The summed E-state index contributed by atoms with van der Waals surface area (Å²) >= 11 is 0. The van der Waals surface area contributed by atoms with E-state index >= 15 is 0 Å². The Bertz CT molecular complexity index is 328. The Labute approximate surface area is 103 Å². The standard InChI is InChI=1S/C14H22N2O/c1-12(13-6-3-2-4-7-13)16-9-5-8-15-10-14(16)11-17/h2-4,6-7,12,14-15,17H,5,8-11H2,1H3. The quantitative estimate of drug-likeness (QED) is 0.830. The molecule has 2 N–H and O–H groups in total. The molecule has 1 saturated heterocycles. The van der Waals surface area contributed by atoms with Crippen molar-refractivity contribution in [2.24, 2.45) is 0 Å². The van der Waals surface area contributed by atoms with Crippen molar-refractivity contribution in [3.63, 3.8) is 0 Å². The van der Waals surface area contributed by atoms with Crippen LogP contribution in [0.3, 0.4) is 0 Å². The molecule has 3 nitrogen and oxygen atoms in total. The lowest BCUT2D eigenvalue weighted by molar-refractivity contribution is 0.0981. The normalized spacial score (nSPS) is 24.2. The smallest absolute Gasteiger partial charge is 0.0599 e. The Morgan fingerprint density at radius 2 is 2.18 bits per heavy atom. The number of benzene rings is 1. The number of rotatable bonds is 3. The molecule has 0 aromatic heterocycles. The fraction of sp³-hybridized carbons (Fsp3) is 0.571. The van der Waals surface area contributed by atoms with Gasteiger partial charge in [-0.1, -0.05) is 30.3 Å². The molecule has 1 heterocycles. The van der Waals surface area contributed by atoms with Gasteiger partial charge in [-0.2, -0.15) is 0 Å². The molecule has 0 aliphatic carbocycles. The Morgan fingerprint density at radius 1 is 1.41 bits per heavy atom. The van der Waals surface area contributed by atoms with Crippen LogP contribution in [0.1, 0.15) is 24.9 Å². The number of aliphatic hydroxyl groups excluding tert-OH is 1. The highest BCUT2D eigenvalue weighted by Gasteiger charge is 2.25. The summed E-state index contributed by atoms with van der Waals surface area (Å²) in [6, 6.07) is 11.1. The van der Waals surface area contributed by atoms with Crippen molar-refractivity contribution >= 4 is 0 Å². The zero-order valence-electron chi connectivity index (χ0n) is 10.5. The second-order valence-electron chi connectivity index (χ2n) is 4.72. The summed E-state index contributed by atoms with van der Waals surface area (Å²) in [5.74, 6) is 0. The average Bonchev–Trinajstić information content (AvgIpc) is 2.64. The van der Waals surface area contributed by atoms with Gasteiger partial charge in [0, 0.05) is 25.2 Å². The summed E-state index contributed by atoms with van der Waals surface area (Å²) in [7, 11) is 0. The molecule has 1 fully saturated rings. The van der Waals surface area contributed by atoms with Crippen LogP contribution in [0.15, 0.2) is 30.3 Å². The summed E-state index contributed by atoms with van der Waals surface area (Å²) < 4.78 is 0. The maximum absolute atomic E-state index is 9.50. The van der Waals surface area contributed by atoms with E-state index in [0.717, 1.165) is 26.1 Å². The average molecular weight is 234 g/mol. The monoisotopic (exact) mass is 234 g/mol. The topological polar surface area (TPSA) is 35.5 Å². The molecule has 0 radical (unpaired) electrons. The van der Waals surface area contributed by atoms with E-state index < -0.39 is 0 Å². The van der Waals surface area contributed by atoms with Gasteiger partial charge in [-0.05, 0) is 25.5 Å². The van der Waals surface area contributed by atoms with Crippen LogP contribution < -0.4 is 5.32 Å². The molecular weight excluding hydrogens is 212 g/mol. The van der Waals surface area contributed by atoms with Crippen molar-refractivity contribution in [3.05, 3.63) is 35.9 Å². The second-order valence-corrected chi connectivity index (χ2v) is 4.72. The highest BCUT2D eigenvalue weighted by atomic mass is 16.3. The first-order chi connectivity index (χ1) is 8.33. The lowest BCUT2D eigenvalue weighted by Crippen LogP contribution is -2.43. The van der Waals surface area contributed by atoms with Crippen molar-refractivity contribution in [1.29, 1.82) is 0 Å². The van der Waals surface area contributed by atoms with Crippen molar-refractivity contribution in [2.75, 3.05) is 26.2 Å². The minimum absolute atomic E-state index is 0.226. The van der Waals surface area contributed by atoms with Crippen LogP contribution >= 0.6 is 0 Å². The molecule has 1 aromatic rings. The molecule has 2 unspecified atom stereocenters. The molecule has 0 spiro atoms. The molecule has 2 rings (SSSR count). The minimum atomic E-state index is 0.226. The van der Waals surface area contributed by atoms with Gasteiger partial charge in [0.15, 0.2) is 0 Å². The Hall–Kier alpha value is -0.900. The Morgan fingerprint density at radius 3 is 2.88 bits per heavy atom. The fourth-order valence-electron chi connectivity index (χ4n) is 2.56.